The third-order valence-electron chi connectivity index (χ3n) is 3.37. The summed E-state index contributed by atoms with van der Waals surface area (Å²) in [6.45, 7) is 6.35. The van der Waals surface area contributed by atoms with Gasteiger partial charge in [-0.05, 0) is 42.8 Å². The van der Waals surface area contributed by atoms with E-state index < -0.39 is 11.6 Å². The van der Waals surface area contributed by atoms with Gasteiger partial charge in [0.1, 0.15) is 12.4 Å². The molecule has 0 atom stereocenters. The molecule has 4 heteroatoms. The lowest BCUT2D eigenvalue weighted by atomic mass is 10.1. The van der Waals surface area contributed by atoms with Gasteiger partial charge in [0.05, 0.1) is 12.2 Å². The van der Waals surface area contributed by atoms with Crippen molar-refractivity contribution in [2.24, 2.45) is 0 Å². The summed E-state index contributed by atoms with van der Waals surface area (Å²) in [5, 5.41) is 0. The zero-order valence-electron chi connectivity index (χ0n) is 14.1. The highest BCUT2D eigenvalue weighted by Crippen LogP contribution is 2.22. The third-order valence-corrected chi connectivity index (χ3v) is 3.37. The van der Waals surface area contributed by atoms with Crippen molar-refractivity contribution in [2.75, 3.05) is 13.2 Å². The molecular weight excluding hydrogens is 322 g/mol. The number of hydrogen-bond acceptors (Lipinski definition) is 2. The molecule has 2 rings (SSSR count). The lowest BCUT2D eigenvalue weighted by molar-refractivity contribution is 0.288. The van der Waals surface area contributed by atoms with Crippen molar-refractivity contribution in [3.8, 4) is 23.3 Å². The van der Waals surface area contributed by atoms with Crippen molar-refractivity contribution in [1.82, 2.24) is 0 Å². The van der Waals surface area contributed by atoms with E-state index in [1.165, 1.54) is 12.1 Å². The van der Waals surface area contributed by atoms with Gasteiger partial charge in [0.15, 0.2) is 11.6 Å². The fraction of sp³-hybridized carbons (Fsp3) is 0.238. The molecule has 0 spiro atoms. The molecule has 130 valence electrons. The molecule has 0 aliphatic carbocycles. The van der Waals surface area contributed by atoms with Crippen LogP contribution in [0.1, 0.15) is 30.9 Å². The van der Waals surface area contributed by atoms with Crippen LogP contribution in [0.4, 0.5) is 8.78 Å². The molecule has 0 aromatic heterocycles. The molecule has 2 aromatic rings. The molecule has 0 bridgehead atoms. The van der Waals surface area contributed by atoms with Crippen LogP contribution in [0.5, 0.6) is 11.5 Å². The fourth-order valence-corrected chi connectivity index (χ4v) is 2.00. The summed E-state index contributed by atoms with van der Waals surface area (Å²) in [5.74, 6) is 4.07. The number of benzene rings is 2. The SMILES string of the molecule is C=CCOc1ccc(C#Cc2ccc(OCCCC)c(F)c2F)cc1. The molecule has 2 nitrogen and oxygen atoms in total. The number of rotatable bonds is 7. The molecule has 0 unspecified atom stereocenters. The molecular formula is C21H20F2O2. The van der Waals surface area contributed by atoms with Crippen LogP contribution >= 0.6 is 0 Å². The first-order valence-electron chi connectivity index (χ1n) is 8.12. The fourth-order valence-electron chi connectivity index (χ4n) is 2.00. The molecule has 0 aliphatic heterocycles. The van der Waals surface area contributed by atoms with Crippen molar-refractivity contribution in [3.63, 3.8) is 0 Å². The molecule has 0 heterocycles. The van der Waals surface area contributed by atoms with Gasteiger partial charge in [-0.3, -0.25) is 0 Å². The van der Waals surface area contributed by atoms with Crippen LogP contribution in [0.2, 0.25) is 0 Å². The van der Waals surface area contributed by atoms with E-state index in [4.69, 9.17) is 9.47 Å². The Labute approximate surface area is 147 Å². The Morgan fingerprint density at radius 2 is 1.76 bits per heavy atom. The monoisotopic (exact) mass is 342 g/mol. The second kappa shape index (κ2) is 9.48. The van der Waals surface area contributed by atoms with E-state index in [2.05, 4.69) is 18.4 Å². The quantitative estimate of drug-likeness (QED) is 0.395. The Balaban J connectivity index is 2.11. The van der Waals surface area contributed by atoms with Crippen molar-refractivity contribution in [2.45, 2.75) is 19.8 Å². The predicted molar refractivity (Wildman–Crippen MR) is 94.9 cm³/mol. The van der Waals surface area contributed by atoms with Gasteiger partial charge >= 0.3 is 0 Å². The minimum atomic E-state index is -1.00. The Kier molecular flexibility index (Phi) is 7.03. The second-order valence-corrected chi connectivity index (χ2v) is 5.32. The van der Waals surface area contributed by atoms with Gasteiger partial charge in [0.25, 0.3) is 0 Å². The number of hydrogen-bond donors (Lipinski definition) is 0. The summed E-state index contributed by atoms with van der Waals surface area (Å²) < 4.78 is 38.7. The van der Waals surface area contributed by atoms with Crippen molar-refractivity contribution >= 4 is 0 Å². The Morgan fingerprint density at radius 3 is 2.44 bits per heavy atom. The summed E-state index contributed by atoms with van der Waals surface area (Å²) in [5.41, 5.74) is 0.668. The van der Waals surface area contributed by atoms with Crippen molar-refractivity contribution < 1.29 is 18.3 Å². The summed E-state index contributed by atoms with van der Waals surface area (Å²) in [4.78, 5) is 0. The van der Waals surface area contributed by atoms with Crippen LogP contribution in [0.3, 0.4) is 0 Å². The van der Waals surface area contributed by atoms with E-state index in [1.807, 2.05) is 6.92 Å². The minimum Gasteiger partial charge on any atom is -0.490 e. The first kappa shape index (κ1) is 18.5. The van der Waals surface area contributed by atoms with Crippen LogP contribution in [0.25, 0.3) is 0 Å². The van der Waals surface area contributed by atoms with Crippen LogP contribution in [0.15, 0.2) is 49.1 Å². The topological polar surface area (TPSA) is 18.5 Å². The number of halogens is 2. The average molecular weight is 342 g/mol. The molecule has 25 heavy (non-hydrogen) atoms. The Hall–Kier alpha value is -2.80. The average Bonchev–Trinajstić information content (AvgIpc) is 2.64. The van der Waals surface area contributed by atoms with E-state index in [9.17, 15) is 8.78 Å². The van der Waals surface area contributed by atoms with E-state index in [0.29, 0.717) is 24.5 Å². The normalized spacial score (nSPS) is 9.88. The Bertz CT molecular complexity index is 771. The molecule has 0 saturated heterocycles. The van der Waals surface area contributed by atoms with Gasteiger partial charge in [-0.1, -0.05) is 37.8 Å². The molecule has 0 N–H and O–H groups in total. The minimum absolute atomic E-state index is 0.00711. The second-order valence-electron chi connectivity index (χ2n) is 5.32. The van der Waals surface area contributed by atoms with E-state index in [-0.39, 0.29) is 11.3 Å². The van der Waals surface area contributed by atoms with Gasteiger partial charge in [-0.25, -0.2) is 4.39 Å². The highest BCUT2D eigenvalue weighted by atomic mass is 19.2. The van der Waals surface area contributed by atoms with Crippen LogP contribution in [-0.4, -0.2) is 13.2 Å². The van der Waals surface area contributed by atoms with Crippen LogP contribution < -0.4 is 9.47 Å². The maximum atomic E-state index is 14.1. The largest absolute Gasteiger partial charge is 0.490 e. The van der Waals surface area contributed by atoms with Gasteiger partial charge in [0.2, 0.25) is 5.82 Å². The van der Waals surface area contributed by atoms with Crippen LogP contribution in [-0.2, 0) is 0 Å². The summed E-state index contributed by atoms with van der Waals surface area (Å²) >= 11 is 0. The van der Waals surface area contributed by atoms with E-state index in [1.54, 1.807) is 30.3 Å². The summed E-state index contributed by atoms with van der Waals surface area (Å²) in [7, 11) is 0. The zero-order chi connectivity index (χ0) is 18.1. The van der Waals surface area contributed by atoms with E-state index in [0.717, 1.165) is 12.8 Å². The molecule has 0 amide bonds. The zero-order valence-corrected chi connectivity index (χ0v) is 14.1. The smallest absolute Gasteiger partial charge is 0.201 e. The standard InChI is InChI=1S/C21H20F2O2/c1-3-5-15-25-19-13-10-17(20(22)21(19)23)9-6-16-7-11-18(12-8-16)24-14-4-2/h4,7-8,10-13H,2-3,5,14-15H2,1H3. The predicted octanol–water partition coefficient (Wildman–Crippen LogP) is 5.11. The van der Waals surface area contributed by atoms with Crippen LogP contribution in [0, 0.1) is 23.5 Å². The summed E-state index contributed by atoms with van der Waals surface area (Å²) in [6.07, 6.45) is 3.36. The van der Waals surface area contributed by atoms with Gasteiger partial charge in [-0.2, -0.15) is 4.39 Å². The van der Waals surface area contributed by atoms with Crippen molar-refractivity contribution in [3.05, 3.63) is 71.8 Å². The molecule has 0 fully saturated rings. The Morgan fingerprint density at radius 1 is 1.00 bits per heavy atom. The molecule has 0 radical (unpaired) electrons. The number of ether oxygens (including phenoxy) is 2. The maximum Gasteiger partial charge on any atom is 0.201 e. The highest BCUT2D eigenvalue weighted by Gasteiger charge is 2.13. The lowest BCUT2D eigenvalue weighted by Gasteiger charge is -2.07. The summed E-state index contributed by atoms with van der Waals surface area (Å²) in [6, 6.07) is 9.85. The van der Waals surface area contributed by atoms with E-state index >= 15 is 0 Å². The van der Waals surface area contributed by atoms with Gasteiger partial charge in [0, 0.05) is 5.56 Å². The van der Waals surface area contributed by atoms with Gasteiger partial charge in [-0.15, -0.1) is 0 Å². The number of unbranched alkanes of at least 4 members (excludes halogenated alkanes) is 1. The maximum absolute atomic E-state index is 14.1. The molecule has 0 aliphatic rings. The first-order chi connectivity index (χ1) is 12.2. The molecule has 0 saturated carbocycles. The first-order valence-corrected chi connectivity index (χ1v) is 8.12. The molecule has 2 aromatic carbocycles. The van der Waals surface area contributed by atoms with Crippen molar-refractivity contribution in [1.29, 1.82) is 0 Å². The lowest BCUT2D eigenvalue weighted by Crippen LogP contribution is -2.01. The third kappa shape index (κ3) is 5.36. The highest BCUT2D eigenvalue weighted by molar-refractivity contribution is 5.46. The van der Waals surface area contributed by atoms with Gasteiger partial charge < -0.3 is 9.47 Å².